The first-order valence-corrected chi connectivity index (χ1v) is 6.21. The highest BCUT2D eigenvalue weighted by Gasteiger charge is 2.29. The first kappa shape index (κ1) is 14.3. The summed E-state index contributed by atoms with van der Waals surface area (Å²) in [5.41, 5.74) is 0. The maximum Gasteiger partial charge on any atom is 0.320 e. The largest absolute Gasteiger partial charge is 0.481 e. The second-order valence-corrected chi connectivity index (χ2v) is 4.47. The molecule has 0 aliphatic carbocycles. The third-order valence-electron chi connectivity index (χ3n) is 3.17. The Balaban J connectivity index is 2.47. The van der Waals surface area contributed by atoms with E-state index in [2.05, 4.69) is 0 Å². The van der Waals surface area contributed by atoms with Crippen LogP contribution in [-0.4, -0.2) is 53.1 Å². The summed E-state index contributed by atoms with van der Waals surface area (Å²) in [6, 6.07) is 1.94. The predicted octanol–water partition coefficient (Wildman–Crippen LogP) is 1.14. The number of carboxylic acids is 1. The van der Waals surface area contributed by atoms with Crippen LogP contribution >= 0.6 is 0 Å². The van der Waals surface area contributed by atoms with Crippen molar-refractivity contribution in [3.05, 3.63) is 0 Å². The molecule has 0 aromatic rings. The van der Waals surface area contributed by atoms with Gasteiger partial charge < -0.3 is 14.9 Å². The fourth-order valence-corrected chi connectivity index (χ4v) is 2.19. The van der Waals surface area contributed by atoms with Gasteiger partial charge in [-0.1, -0.05) is 0 Å². The summed E-state index contributed by atoms with van der Waals surface area (Å²) in [6.45, 7) is 4.00. The van der Waals surface area contributed by atoms with E-state index in [0.29, 0.717) is 32.6 Å². The zero-order valence-corrected chi connectivity index (χ0v) is 10.6. The van der Waals surface area contributed by atoms with Gasteiger partial charge in [0.25, 0.3) is 0 Å². The molecule has 18 heavy (non-hydrogen) atoms. The number of carbonyl (C=O) groups excluding carboxylic acids is 1. The monoisotopic (exact) mass is 253 g/mol. The number of rotatable bonds is 5. The summed E-state index contributed by atoms with van der Waals surface area (Å²) < 4.78 is 0. The molecule has 0 saturated carbocycles. The van der Waals surface area contributed by atoms with Gasteiger partial charge in [-0.2, -0.15) is 5.26 Å². The van der Waals surface area contributed by atoms with E-state index >= 15 is 0 Å². The minimum absolute atomic E-state index is 0.0566. The average Bonchev–Trinajstić information content (AvgIpc) is 2.77. The molecule has 1 aliphatic rings. The predicted molar refractivity (Wildman–Crippen MR) is 64.8 cm³/mol. The van der Waals surface area contributed by atoms with Gasteiger partial charge in [-0.15, -0.1) is 0 Å². The number of hydrogen-bond acceptors (Lipinski definition) is 3. The quantitative estimate of drug-likeness (QED) is 0.796. The number of hydrogen-bond donors (Lipinski definition) is 1. The van der Waals surface area contributed by atoms with Crippen molar-refractivity contribution in [3.63, 3.8) is 0 Å². The van der Waals surface area contributed by atoms with Gasteiger partial charge in [-0.25, -0.2) is 4.79 Å². The van der Waals surface area contributed by atoms with Gasteiger partial charge in [0.05, 0.1) is 12.5 Å². The molecule has 1 atom stereocenters. The van der Waals surface area contributed by atoms with Crippen LogP contribution in [0.15, 0.2) is 0 Å². The molecule has 1 rings (SSSR count). The Hall–Kier alpha value is -1.77. The fourth-order valence-electron chi connectivity index (χ4n) is 2.19. The molecule has 1 N–H and O–H groups in total. The topological polar surface area (TPSA) is 84.6 Å². The first-order chi connectivity index (χ1) is 8.58. The van der Waals surface area contributed by atoms with E-state index in [4.69, 9.17) is 10.4 Å². The summed E-state index contributed by atoms with van der Waals surface area (Å²) in [5.74, 6) is -0.757. The molecule has 6 heteroatoms. The Morgan fingerprint density at radius 1 is 1.56 bits per heavy atom. The summed E-state index contributed by atoms with van der Waals surface area (Å²) in [4.78, 5) is 26.0. The van der Waals surface area contributed by atoms with E-state index in [-0.39, 0.29) is 18.4 Å². The summed E-state index contributed by atoms with van der Waals surface area (Å²) in [5, 5.41) is 17.3. The molecule has 2 amide bonds. The average molecular weight is 253 g/mol. The van der Waals surface area contributed by atoms with Crippen molar-refractivity contribution in [2.45, 2.75) is 26.2 Å². The van der Waals surface area contributed by atoms with Crippen LogP contribution in [0.4, 0.5) is 4.79 Å². The number of aliphatic carboxylic acids is 1. The third-order valence-corrected chi connectivity index (χ3v) is 3.17. The van der Waals surface area contributed by atoms with Crippen molar-refractivity contribution < 1.29 is 14.7 Å². The molecule has 0 aromatic heterocycles. The van der Waals surface area contributed by atoms with Crippen LogP contribution in [0.2, 0.25) is 0 Å². The summed E-state index contributed by atoms with van der Waals surface area (Å²) in [6.07, 6.45) is 1.19. The molecule has 1 saturated heterocycles. The normalized spacial score (nSPS) is 18.4. The molecular weight excluding hydrogens is 234 g/mol. The fraction of sp³-hybridized carbons (Fsp3) is 0.750. The highest BCUT2D eigenvalue weighted by molar-refractivity contribution is 5.75. The Labute approximate surface area is 107 Å². The first-order valence-electron chi connectivity index (χ1n) is 6.21. The van der Waals surface area contributed by atoms with Gasteiger partial charge in [0, 0.05) is 32.6 Å². The van der Waals surface area contributed by atoms with Crippen molar-refractivity contribution in [1.82, 2.24) is 9.80 Å². The van der Waals surface area contributed by atoms with Crippen LogP contribution < -0.4 is 0 Å². The van der Waals surface area contributed by atoms with Gasteiger partial charge in [-0.3, -0.25) is 4.79 Å². The van der Waals surface area contributed by atoms with E-state index in [9.17, 15) is 9.59 Å². The lowest BCUT2D eigenvalue weighted by Gasteiger charge is -2.26. The highest BCUT2D eigenvalue weighted by atomic mass is 16.4. The molecule has 100 valence electrons. The lowest BCUT2D eigenvalue weighted by atomic mass is 10.1. The second kappa shape index (κ2) is 6.84. The summed E-state index contributed by atoms with van der Waals surface area (Å²) in [7, 11) is 0. The Morgan fingerprint density at radius 3 is 2.83 bits per heavy atom. The van der Waals surface area contributed by atoms with Crippen LogP contribution in [0.25, 0.3) is 0 Å². The van der Waals surface area contributed by atoms with Crippen molar-refractivity contribution in [3.8, 4) is 6.07 Å². The van der Waals surface area contributed by atoms with E-state index in [1.165, 1.54) is 0 Å². The zero-order chi connectivity index (χ0) is 13.5. The molecular formula is C12H19N3O3. The molecule has 1 fully saturated rings. The number of carbonyl (C=O) groups is 2. The maximum absolute atomic E-state index is 12.1. The van der Waals surface area contributed by atoms with E-state index < -0.39 is 5.97 Å². The highest BCUT2D eigenvalue weighted by Crippen LogP contribution is 2.20. The standard InChI is InChI=1S/C12H19N3O3/c1-2-14(6-3-5-13)12(18)15-7-4-10(9-15)8-11(16)17/h10H,2-4,6-9H2,1H3,(H,16,17). The molecule has 0 aromatic carbocycles. The van der Waals surface area contributed by atoms with Crippen LogP contribution in [0, 0.1) is 17.2 Å². The van der Waals surface area contributed by atoms with Crippen LogP contribution in [0.5, 0.6) is 0 Å². The smallest absolute Gasteiger partial charge is 0.320 e. The van der Waals surface area contributed by atoms with Crippen LogP contribution in [0.1, 0.15) is 26.2 Å². The SMILES string of the molecule is CCN(CCC#N)C(=O)N1CCC(CC(=O)O)C1. The zero-order valence-electron chi connectivity index (χ0n) is 10.6. The molecule has 6 nitrogen and oxygen atoms in total. The lowest BCUT2D eigenvalue weighted by molar-refractivity contribution is -0.138. The van der Waals surface area contributed by atoms with Crippen molar-refractivity contribution in [2.75, 3.05) is 26.2 Å². The molecule has 0 radical (unpaired) electrons. The van der Waals surface area contributed by atoms with E-state index in [0.717, 1.165) is 6.42 Å². The van der Waals surface area contributed by atoms with E-state index in [1.807, 2.05) is 13.0 Å². The number of carboxylic acid groups (broad SMARTS) is 1. The maximum atomic E-state index is 12.1. The van der Waals surface area contributed by atoms with Gasteiger partial charge in [0.1, 0.15) is 0 Å². The second-order valence-electron chi connectivity index (χ2n) is 4.47. The number of amides is 2. The Kier molecular flexibility index (Phi) is 5.43. The van der Waals surface area contributed by atoms with Gasteiger partial charge >= 0.3 is 12.0 Å². The molecule has 1 heterocycles. The molecule has 1 aliphatic heterocycles. The van der Waals surface area contributed by atoms with Crippen molar-refractivity contribution >= 4 is 12.0 Å². The number of likely N-dealkylation sites (tertiary alicyclic amines) is 1. The minimum Gasteiger partial charge on any atom is -0.481 e. The Bertz CT molecular complexity index is 351. The van der Waals surface area contributed by atoms with Gasteiger partial charge in [-0.05, 0) is 19.3 Å². The Morgan fingerprint density at radius 2 is 2.28 bits per heavy atom. The van der Waals surface area contributed by atoms with E-state index in [1.54, 1.807) is 9.80 Å². The van der Waals surface area contributed by atoms with Crippen LogP contribution in [-0.2, 0) is 4.79 Å². The van der Waals surface area contributed by atoms with Crippen molar-refractivity contribution in [1.29, 1.82) is 5.26 Å². The van der Waals surface area contributed by atoms with Crippen LogP contribution in [0.3, 0.4) is 0 Å². The lowest BCUT2D eigenvalue weighted by Crippen LogP contribution is -2.42. The van der Waals surface area contributed by atoms with Crippen molar-refractivity contribution in [2.24, 2.45) is 5.92 Å². The molecule has 0 spiro atoms. The molecule has 0 bridgehead atoms. The number of nitriles is 1. The van der Waals surface area contributed by atoms with Gasteiger partial charge in [0.2, 0.25) is 0 Å². The summed E-state index contributed by atoms with van der Waals surface area (Å²) >= 11 is 0. The third kappa shape index (κ3) is 3.91. The number of nitrogens with zero attached hydrogens (tertiary/aromatic N) is 3. The minimum atomic E-state index is -0.814. The number of urea groups is 1. The molecule has 1 unspecified atom stereocenters. The van der Waals surface area contributed by atoms with Gasteiger partial charge in [0.15, 0.2) is 0 Å².